The quantitative estimate of drug-likeness (QED) is 0.0600. The molecule has 0 fully saturated rings. The zero-order chi connectivity index (χ0) is 81.1. The number of carbonyl (C=O) groups is 3. The molecular weight excluding hydrogens is 1530 g/mol. The lowest BCUT2D eigenvalue weighted by Crippen LogP contribution is -2.31. The fourth-order valence-corrected chi connectivity index (χ4v) is 12.6. The second kappa shape index (κ2) is 73.7. The van der Waals surface area contributed by atoms with Crippen LogP contribution in [0, 0.1) is 19.8 Å². The maximum absolute atomic E-state index is 13.9. The molecule has 0 unspecified atom stereocenters. The Balaban J connectivity index is 0.917. The van der Waals surface area contributed by atoms with Crippen LogP contribution in [0.15, 0.2) is 82.6 Å². The first-order valence-electron chi connectivity index (χ1n) is 38.7. The fourth-order valence-electron chi connectivity index (χ4n) is 9.39. The van der Waals surface area contributed by atoms with E-state index in [2.05, 4.69) is 0 Å². The molecule has 0 spiro atoms. The number of benzene rings is 3. The van der Waals surface area contributed by atoms with Gasteiger partial charge in [0.25, 0.3) is 0 Å². The van der Waals surface area contributed by atoms with Gasteiger partial charge in [-0.2, -0.15) is 0 Å². The maximum atomic E-state index is 13.9. The van der Waals surface area contributed by atoms with Crippen LogP contribution in [0.4, 0.5) is 0 Å². The Labute approximate surface area is 668 Å². The lowest BCUT2D eigenvalue weighted by Gasteiger charge is -2.17. The summed E-state index contributed by atoms with van der Waals surface area (Å²) in [4.78, 5) is 37.2. The van der Waals surface area contributed by atoms with E-state index >= 15 is 0 Å². The zero-order valence-corrected chi connectivity index (χ0v) is 68.1. The van der Waals surface area contributed by atoms with Crippen LogP contribution in [0.5, 0.6) is 0 Å². The van der Waals surface area contributed by atoms with Crippen molar-refractivity contribution in [1.29, 1.82) is 0 Å². The van der Waals surface area contributed by atoms with Gasteiger partial charge in [0.2, 0.25) is 0 Å². The van der Waals surface area contributed by atoms with Crippen molar-refractivity contribution in [2.24, 2.45) is 5.92 Å². The van der Waals surface area contributed by atoms with E-state index in [4.69, 9.17) is 124 Å². The number of rotatable bonds is 87. The van der Waals surface area contributed by atoms with Gasteiger partial charge in [-0.05, 0) is 44.5 Å². The summed E-state index contributed by atoms with van der Waals surface area (Å²) in [6, 6.07) is 18.2. The molecule has 113 heavy (non-hydrogen) atoms. The topological polar surface area (TPSA) is 370 Å². The van der Waals surface area contributed by atoms with Crippen LogP contribution in [0.2, 0.25) is 0 Å². The third-order valence-electron chi connectivity index (χ3n) is 15.3. The van der Waals surface area contributed by atoms with Gasteiger partial charge in [-0.3, -0.25) is 9.59 Å². The SMILES string of the molecule is Cc1ccc(S(=O)(=O)CC(CS(=O)(=O)c2ccc(C)cc2)C(=O)c2ccc(C(=O)CCCOCCOCCOCCOCCOCCOCCOCCOCCOCCOCCOCCOCCOCCOCCOCCOCCOCCOCCOCCOCCOCCOCCOCCOCCOCC(=O)O)cc2)cc1. The third kappa shape index (κ3) is 61.4. The zero-order valence-electron chi connectivity index (χ0n) is 66.5. The van der Waals surface area contributed by atoms with Gasteiger partial charge in [-0.25, -0.2) is 21.6 Å². The number of aryl methyl sites for hydroxylation is 2. The molecule has 0 bridgehead atoms. The van der Waals surface area contributed by atoms with Gasteiger partial charge in [0.1, 0.15) is 6.61 Å². The number of carbonyl (C=O) groups excluding carboxylic acids is 2. The number of ketones is 2. The second-order valence-electron chi connectivity index (χ2n) is 24.5. The molecule has 3 rings (SSSR count). The Morgan fingerprint density at radius 1 is 0.257 bits per heavy atom. The number of ether oxygens (including phenoxy) is 25. The molecule has 0 atom stereocenters. The number of Topliss-reactive ketones (excluding diaryl/α,β-unsaturated/α-hetero) is 2. The molecule has 33 nitrogen and oxygen atoms in total. The van der Waals surface area contributed by atoms with Gasteiger partial charge in [0.05, 0.1) is 344 Å². The van der Waals surface area contributed by atoms with E-state index in [9.17, 15) is 31.2 Å². The Morgan fingerprint density at radius 3 is 0.628 bits per heavy atom. The van der Waals surface area contributed by atoms with E-state index in [1.54, 1.807) is 24.3 Å². The summed E-state index contributed by atoms with van der Waals surface area (Å²) in [6.45, 7) is 24.7. The first-order chi connectivity index (χ1) is 55.3. The summed E-state index contributed by atoms with van der Waals surface area (Å²) < 4.78 is 191. The molecule has 0 radical (unpaired) electrons. The molecule has 0 aliphatic heterocycles. The van der Waals surface area contributed by atoms with Gasteiger partial charge >= 0.3 is 5.97 Å². The predicted molar refractivity (Wildman–Crippen MR) is 412 cm³/mol. The van der Waals surface area contributed by atoms with Crippen molar-refractivity contribution in [2.45, 2.75) is 36.5 Å². The van der Waals surface area contributed by atoms with Crippen LogP contribution in [-0.4, -0.2) is 381 Å². The Morgan fingerprint density at radius 2 is 0.434 bits per heavy atom. The van der Waals surface area contributed by atoms with Gasteiger partial charge in [0, 0.05) is 24.2 Å². The Kier molecular flexibility index (Phi) is 66.9. The highest BCUT2D eigenvalue weighted by Crippen LogP contribution is 2.24. The minimum Gasteiger partial charge on any atom is -0.480 e. The fraction of sp³-hybridized carbons (Fsp3) is 0.731. The average Bonchev–Trinajstić information content (AvgIpc) is 0.802. The van der Waals surface area contributed by atoms with Crippen molar-refractivity contribution >= 4 is 37.2 Å². The standard InChI is InChI=1S/C78H128O33S2/c1-69-5-13-74(14-6-69)112(83,84)67-73(68-113(85,86)75-15-7-70(2)8-16-75)78(82)72-11-9-71(10-12-72)76(79)4-3-17-87-18-19-88-20-21-89-22-23-90-24-25-91-26-27-92-28-29-93-30-31-94-32-33-95-34-35-96-36-37-97-38-39-98-40-41-99-42-43-100-44-45-101-46-47-102-48-49-103-50-51-104-52-53-105-54-55-106-56-57-107-58-59-108-60-61-109-62-63-110-64-65-111-66-77(80)81/h5-16,73H,3-4,17-68H2,1-2H3,(H,80,81). The number of hydrogen-bond donors (Lipinski definition) is 1. The number of hydrogen-bond acceptors (Lipinski definition) is 32. The van der Waals surface area contributed by atoms with Gasteiger partial charge in [-0.15, -0.1) is 0 Å². The summed E-state index contributed by atoms with van der Waals surface area (Å²) in [5.74, 6) is -4.65. The third-order valence-corrected chi connectivity index (χ3v) is 19.0. The van der Waals surface area contributed by atoms with E-state index in [0.717, 1.165) is 11.1 Å². The average molecular weight is 1660 g/mol. The smallest absolute Gasteiger partial charge is 0.329 e. The van der Waals surface area contributed by atoms with Gasteiger partial charge < -0.3 is 124 Å². The molecule has 0 heterocycles. The highest BCUT2D eigenvalue weighted by atomic mass is 32.2. The van der Waals surface area contributed by atoms with Crippen LogP contribution < -0.4 is 0 Å². The summed E-state index contributed by atoms with van der Waals surface area (Å²) in [5.41, 5.74) is 2.16. The van der Waals surface area contributed by atoms with Crippen molar-refractivity contribution < 1.29 is 155 Å². The lowest BCUT2D eigenvalue weighted by atomic mass is 9.98. The van der Waals surface area contributed by atoms with E-state index in [0.29, 0.717) is 329 Å². The molecule has 35 heteroatoms. The summed E-state index contributed by atoms with van der Waals surface area (Å²) in [7, 11) is -8.09. The molecule has 650 valence electrons. The molecule has 0 aliphatic carbocycles. The number of carboxylic acids is 1. The Bertz CT molecular complexity index is 2840. The first-order valence-corrected chi connectivity index (χ1v) is 42.0. The molecule has 0 saturated heterocycles. The van der Waals surface area contributed by atoms with Gasteiger partial charge in [-0.1, -0.05) is 59.7 Å². The summed E-state index contributed by atoms with van der Waals surface area (Å²) in [6.07, 6.45) is 0.650. The number of sulfone groups is 2. The van der Waals surface area contributed by atoms with Crippen LogP contribution >= 0.6 is 0 Å². The van der Waals surface area contributed by atoms with E-state index in [1.807, 2.05) is 13.8 Å². The molecule has 0 saturated carbocycles. The highest BCUT2D eigenvalue weighted by Gasteiger charge is 2.33. The first kappa shape index (κ1) is 103. The van der Waals surface area contributed by atoms with Crippen molar-refractivity contribution in [3.63, 3.8) is 0 Å². The van der Waals surface area contributed by atoms with Crippen LogP contribution in [0.25, 0.3) is 0 Å². The monoisotopic (exact) mass is 1660 g/mol. The van der Waals surface area contributed by atoms with E-state index in [1.165, 1.54) is 48.5 Å². The maximum Gasteiger partial charge on any atom is 0.329 e. The molecule has 0 amide bonds. The molecule has 1 N–H and O–H groups in total. The van der Waals surface area contributed by atoms with E-state index < -0.39 is 48.9 Å². The van der Waals surface area contributed by atoms with E-state index in [-0.39, 0.29) is 40.8 Å². The predicted octanol–water partition coefficient (Wildman–Crippen LogP) is 4.51. The van der Waals surface area contributed by atoms with Crippen LogP contribution in [0.3, 0.4) is 0 Å². The normalized spacial score (nSPS) is 12.0. The van der Waals surface area contributed by atoms with Crippen molar-refractivity contribution in [2.75, 3.05) is 342 Å². The molecule has 0 aromatic heterocycles. The largest absolute Gasteiger partial charge is 0.480 e. The van der Waals surface area contributed by atoms with Crippen molar-refractivity contribution in [3.8, 4) is 0 Å². The van der Waals surface area contributed by atoms with Crippen LogP contribution in [0.1, 0.15) is 44.7 Å². The number of carboxylic acid groups (broad SMARTS) is 1. The lowest BCUT2D eigenvalue weighted by molar-refractivity contribution is -0.142. The minimum absolute atomic E-state index is 0.00631. The molecular formula is C78H128O33S2. The molecule has 3 aromatic carbocycles. The summed E-state index contributed by atoms with van der Waals surface area (Å²) in [5, 5.41) is 8.47. The van der Waals surface area contributed by atoms with Gasteiger partial charge in [0.15, 0.2) is 31.2 Å². The minimum atomic E-state index is -4.05. The number of aliphatic carboxylic acids is 1. The summed E-state index contributed by atoms with van der Waals surface area (Å²) >= 11 is 0. The highest BCUT2D eigenvalue weighted by molar-refractivity contribution is 7.92. The Hall–Kier alpha value is -4.63. The van der Waals surface area contributed by atoms with Crippen molar-refractivity contribution in [1.82, 2.24) is 0 Å². The molecule has 3 aromatic rings. The van der Waals surface area contributed by atoms with Crippen molar-refractivity contribution in [3.05, 3.63) is 95.1 Å². The second-order valence-corrected chi connectivity index (χ2v) is 28.6. The van der Waals surface area contributed by atoms with Crippen LogP contribution in [-0.2, 0) is 143 Å². The molecule has 0 aliphatic rings.